The molecular weight excluding hydrogens is 244 g/mol. The summed E-state index contributed by atoms with van der Waals surface area (Å²) in [5, 5.41) is 9.14. The van der Waals surface area contributed by atoms with Gasteiger partial charge in [0.1, 0.15) is 5.56 Å². The zero-order valence-corrected chi connectivity index (χ0v) is 10.7. The van der Waals surface area contributed by atoms with Crippen LogP contribution in [0.2, 0.25) is 0 Å². The summed E-state index contributed by atoms with van der Waals surface area (Å²) in [7, 11) is 2.93. The highest BCUT2D eigenvalue weighted by molar-refractivity contribution is 5.94. The number of hydrogen-bond acceptors (Lipinski definition) is 3. The van der Waals surface area contributed by atoms with E-state index in [9.17, 15) is 4.79 Å². The lowest BCUT2D eigenvalue weighted by Gasteiger charge is -2.14. The number of rotatable bonds is 4. The van der Waals surface area contributed by atoms with Crippen molar-refractivity contribution in [1.82, 2.24) is 0 Å². The van der Waals surface area contributed by atoms with Crippen LogP contribution in [0.25, 0.3) is 11.1 Å². The molecule has 0 aliphatic heterocycles. The summed E-state index contributed by atoms with van der Waals surface area (Å²) in [5.41, 5.74) is 1.82. The summed E-state index contributed by atoms with van der Waals surface area (Å²) in [6, 6.07) is 12.8. The zero-order chi connectivity index (χ0) is 13.8. The number of carboxylic acid groups (broad SMARTS) is 1. The second-order valence-corrected chi connectivity index (χ2v) is 3.90. The molecule has 98 valence electrons. The molecule has 0 heterocycles. The van der Waals surface area contributed by atoms with E-state index in [1.54, 1.807) is 6.07 Å². The molecule has 0 saturated carbocycles. The van der Waals surface area contributed by atoms with Crippen LogP contribution in [0.15, 0.2) is 42.5 Å². The average molecular weight is 258 g/mol. The van der Waals surface area contributed by atoms with E-state index < -0.39 is 5.97 Å². The van der Waals surface area contributed by atoms with E-state index in [0.29, 0.717) is 5.75 Å². The van der Waals surface area contributed by atoms with Crippen LogP contribution in [0.4, 0.5) is 0 Å². The molecule has 0 aliphatic carbocycles. The van der Waals surface area contributed by atoms with Gasteiger partial charge in [-0.25, -0.2) is 4.79 Å². The van der Waals surface area contributed by atoms with E-state index in [0.717, 1.165) is 11.1 Å². The number of benzene rings is 2. The standard InChI is InChI=1S/C15H14O4/c1-18-13-11(10-6-4-3-5-7-10)8-9-12(15(16)17)14(13)19-2/h3-9H,1-2H3,(H,16,17). The Hall–Kier alpha value is -2.49. The van der Waals surface area contributed by atoms with Crippen LogP contribution in [0.3, 0.4) is 0 Å². The molecule has 0 bridgehead atoms. The first-order valence-electron chi connectivity index (χ1n) is 5.72. The van der Waals surface area contributed by atoms with E-state index in [1.165, 1.54) is 20.3 Å². The Balaban J connectivity index is 2.67. The summed E-state index contributed by atoms with van der Waals surface area (Å²) in [6.07, 6.45) is 0. The molecule has 0 spiro atoms. The van der Waals surface area contributed by atoms with E-state index in [2.05, 4.69) is 0 Å². The van der Waals surface area contributed by atoms with E-state index in [1.807, 2.05) is 30.3 Å². The predicted molar refractivity (Wildman–Crippen MR) is 71.9 cm³/mol. The molecule has 0 amide bonds. The molecule has 19 heavy (non-hydrogen) atoms. The van der Waals surface area contributed by atoms with Crippen LogP contribution < -0.4 is 9.47 Å². The second-order valence-electron chi connectivity index (χ2n) is 3.90. The molecule has 4 nitrogen and oxygen atoms in total. The maximum Gasteiger partial charge on any atom is 0.339 e. The molecule has 2 rings (SSSR count). The van der Waals surface area contributed by atoms with Gasteiger partial charge in [0, 0.05) is 5.56 Å². The zero-order valence-electron chi connectivity index (χ0n) is 10.7. The lowest BCUT2D eigenvalue weighted by atomic mass is 10.0. The summed E-state index contributed by atoms with van der Waals surface area (Å²) >= 11 is 0. The van der Waals surface area contributed by atoms with Gasteiger partial charge in [-0.1, -0.05) is 30.3 Å². The Bertz CT molecular complexity index is 591. The van der Waals surface area contributed by atoms with E-state index in [4.69, 9.17) is 14.6 Å². The number of carboxylic acids is 1. The largest absolute Gasteiger partial charge is 0.492 e. The number of hydrogen-bond donors (Lipinski definition) is 1. The first kappa shape index (κ1) is 13.0. The Morgan fingerprint density at radius 2 is 1.58 bits per heavy atom. The van der Waals surface area contributed by atoms with Gasteiger partial charge in [0.05, 0.1) is 14.2 Å². The minimum absolute atomic E-state index is 0.0824. The maximum atomic E-state index is 11.2. The lowest BCUT2D eigenvalue weighted by Crippen LogP contribution is -2.03. The third-order valence-corrected chi connectivity index (χ3v) is 2.84. The molecule has 0 radical (unpaired) electrons. The van der Waals surface area contributed by atoms with Crippen molar-refractivity contribution in [2.45, 2.75) is 0 Å². The fourth-order valence-electron chi connectivity index (χ4n) is 1.98. The van der Waals surface area contributed by atoms with Gasteiger partial charge in [-0.2, -0.15) is 0 Å². The SMILES string of the molecule is COc1c(C(=O)O)ccc(-c2ccccc2)c1OC. The lowest BCUT2D eigenvalue weighted by molar-refractivity contribution is 0.0692. The van der Waals surface area contributed by atoms with Crippen LogP contribution in [-0.4, -0.2) is 25.3 Å². The van der Waals surface area contributed by atoms with Gasteiger partial charge in [0.2, 0.25) is 0 Å². The third kappa shape index (κ3) is 2.38. The van der Waals surface area contributed by atoms with Gasteiger partial charge in [-0.05, 0) is 17.7 Å². The number of ether oxygens (including phenoxy) is 2. The van der Waals surface area contributed by atoms with Gasteiger partial charge in [0.25, 0.3) is 0 Å². The summed E-state index contributed by atoms with van der Waals surface area (Å²) in [4.78, 5) is 11.2. The fourth-order valence-corrected chi connectivity index (χ4v) is 1.98. The van der Waals surface area contributed by atoms with Crippen molar-refractivity contribution in [3.8, 4) is 22.6 Å². The molecule has 0 fully saturated rings. The summed E-state index contributed by atoms with van der Waals surface area (Å²) in [5.74, 6) is -0.389. The molecule has 2 aromatic rings. The van der Waals surface area contributed by atoms with Crippen LogP contribution in [-0.2, 0) is 0 Å². The van der Waals surface area contributed by atoms with Crippen molar-refractivity contribution in [1.29, 1.82) is 0 Å². The molecule has 0 saturated heterocycles. The summed E-state index contributed by atoms with van der Waals surface area (Å²) in [6.45, 7) is 0. The highest BCUT2D eigenvalue weighted by atomic mass is 16.5. The smallest absolute Gasteiger partial charge is 0.339 e. The van der Waals surface area contributed by atoms with Crippen molar-refractivity contribution < 1.29 is 19.4 Å². The van der Waals surface area contributed by atoms with Gasteiger partial charge in [-0.15, -0.1) is 0 Å². The van der Waals surface area contributed by atoms with E-state index >= 15 is 0 Å². The monoisotopic (exact) mass is 258 g/mol. The maximum absolute atomic E-state index is 11.2. The first-order valence-corrected chi connectivity index (χ1v) is 5.72. The van der Waals surface area contributed by atoms with Crippen molar-refractivity contribution in [3.63, 3.8) is 0 Å². The summed E-state index contributed by atoms with van der Waals surface area (Å²) < 4.78 is 10.5. The predicted octanol–water partition coefficient (Wildman–Crippen LogP) is 3.07. The minimum atomic E-state index is -1.05. The molecule has 0 aliphatic rings. The molecule has 0 unspecified atom stereocenters. The third-order valence-electron chi connectivity index (χ3n) is 2.84. The highest BCUT2D eigenvalue weighted by Crippen LogP contribution is 2.40. The van der Waals surface area contributed by atoms with Crippen LogP contribution in [0, 0.1) is 0 Å². The molecule has 0 atom stereocenters. The van der Waals surface area contributed by atoms with Gasteiger partial charge < -0.3 is 14.6 Å². The van der Waals surface area contributed by atoms with Crippen LogP contribution >= 0.6 is 0 Å². The normalized spacial score (nSPS) is 10.0. The van der Waals surface area contributed by atoms with Gasteiger partial charge in [0.15, 0.2) is 11.5 Å². The molecule has 2 aromatic carbocycles. The Morgan fingerprint density at radius 1 is 0.947 bits per heavy atom. The van der Waals surface area contributed by atoms with Crippen molar-refractivity contribution in [3.05, 3.63) is 48.0 Å². The molecule has 1 N–H and O–H groups in total. The molecule has 4 heteroatoms. The van der Waals surface area contributed by atoms with Crippen LogP contribution in [0.1, 0.15) is 10.4 Å². The topological polar surface area (TPSA) is 55.8 Å². The Labute approximate surface area is 111 Å². The fraction of sp³-hybridized carbons (Fsp3) is 0.133. The highest BCUT2D eigenvalue weighted by Gasteiger charge is 2.19. The number of aromatic carboxylic acids is 1. The number of methoxy groups -OCH3 is 2. The quantitative estimate of drug-likeness (QED) is 0.915. The molecule has 0 aromatic heterocycles. The average Bonchev–Trinajstić information content (AvgIpc) is 2.46. The van der Waals surface area contributed by atoms with Gasteiger partial charge >= 0.3 is 5.97 Å². The van der Waals surface area contributed by atoms with Crippen molar-refractivity contribution in [2.24, 2.45) is 0 Å². The number of carbonyl (C=O) groups is 1. The van der Waals surface area contributed by atoms with Gasteiger partial charge in [-0.3, -0.25) is 0 Å². The second kappa shape index (κ2) is 5.44. The van der Waals surface area contributed by atoms with E-state index in [-0.39, 0.29) is 11.3 Å². The van der Waals surface area contributed by atoms with Crippen molar-refractivity contribution in [2.75, 3.05) is 14.2 Å². The minimum Gasteiger partial charge on any atom is -0.492 e. The van der Waals surface area contributed by atoms with Crippen molar-refractivity contribution >= 4 is 5.97 Å². The van der Waals surface area contributed by atoms with Crippen LogP contribution in [0.5, 0.6) is 11.5 Å². The first-order chi connectivity index (χ1) is 9.19. The Morgan fingerprint density at radius 3 is 2.11 bits per heavy atom. The Kier molecular flexibility index (Phi) is 3.71. The molecular formula is C15H14O4.